The van der Waals surface area contributed by atoms with Crippen molar-refractivity contribution in [3.05, 3.63) is 34.9 Å². The van der Waals surface area contributed by atoms with Crippen molar-refractivity contribution in [1.82, 2.24) is 5.32 Å². The van der Waals surface area contributed by atoms with Gasteiger partial charge in [0.05, 0.1) is 6.42 Å². The molecule has 1 unspecified atom stereocenters. The van der Waals surface area contributed by atoms with E-state index in [1.165, 1.54) is 0 Å². The number of rotatable bonds is 3. The van der Waals surface area contributed by atoms with Crippen LogP contribution >= 0.6 is 0 Å². The third kappa shape index (κ3) is 2.46. The molecule has 2 rings (SSSR count). The van der Waals surface area contributed by atoms with Gasteiger partial charge in [-0.05, 0) is 30.0 Å². The Labute approximate surface area is 99.6 Å². The SMILES string of the molecule is CCc1ccc2c(c1)C(=O)NC(CC(=O)O)C2. The summed E-state index contributed by atoms with van der Waals surface area (Å²) in [7, 11) is 0. The Morgan fingerprint density at radius 3 is 2.94 bits per heavy atom. The minimum atomic E-state index is -0.885. The van der Waals surface area contributed by atoms with Gasteiger partial charge in [-0.1, -0.05) is 19.1 Å². The minimum absolute atomic E-state index is 0.0271. The second-order valence-corrected chi connectivity index (χ2v) is 4.32. The first-order valence-corrected chi connectivity index (χ1v) is 5.74. The summed E-state index contributed by atoms with van der Waals surface area (Å²) in [4.78, 5) is 22.5. The monoisotopic (exact) mass is 233 g/mol. The summed E-state index contributed by atoms with van der Waals surface area (Å²) in [6, 6.07) is 5.53. The molecule has 1 aromatic rings. The van der Waals surface area contributed by atoms with Gasteiger partial charge in [0.25, 0.3) is 5.91 Å². The van der Waals surface area contributed by atoms with E-state index in [9.17, 15) is 9.59 Å². The first kappa shape index (κ1) is 11.6. The molecule has 0 saturated carbocycles. The van der Waals surface area contributed by atoms with Crippen LogP contribution in [0.4, 0.5) is 0 Å². The highest BCUT2D eigenvalue weighted by Gasteiger charge is 2.25. The molecule has 1 aromatic carbocycles. The molecule has 0 saturated heterocycles. The lowest BCUT2D eigenvalue weighted by atomic mass is 9.92. The number of aliphatic carboxylic acids is 1. The van der Waals surface area contributed by atoms with E-state index in [0.29, 0.717) is 12.0 Å². The summed E-state index contributed by atoms with van der Waals surface area (Å²) < 4.78 is 0. The molecular formula is C13H15NO3. The van der Waals surface area contributed by atoms with Crippen LogP contribution in [-0.4, -0.2) is 23.0 Å². The fourth-order valence-electron chi connectivity index (χ4n) is 2.15. The second kappa shape index (κ2) is 4.57. The zero-order valence-corrected chi connectivity index (χ0v) is 9.69. The molecule has 2 N–H and O–H groups in total. The van der Waals surface area contributed by atoms with Crippen molar-refractivity contribution in [2.24, 2.45) is 0 Å². The number of carboxylic acid groups (broad SMARTS) is 1. The lowest BCUT2D eigenvalue weighted by molar-refractivity contribution is -0.137. The molecule has 1 atom stereocenters. The van der Waals surface area contributed by atoms with Gasteiger partial charge in [-0.15, -0.1) is 0 Å². The second-order valence-electron chi connectivity index (χ2n) is 4.32. The Hall–Kier alpha value is -1.84. The van der Waals surface area contributed by atoms with Crippen LogP contribution in [0, 0.1) is 0 Å². The average molecular weight is 233 g/mol. The molecule has 1 amide bonds. The number of carbonyl (C=O) groups excluding carboxylic acids is 1. The lowest BCUT2D eigenvalue weighted by Crippen LogP contribution is -2.42. The molecule has 4 heteroatoms. The van der Waals surface area contributed by atoms with Crippen molar-refractivity contribution in [3.63, 3.8) is 0 Å². The van der Waals surface area contributed by atoms with E-state index in [1.807, 2.05) is 25.1 Å². The molecule has 1 aliphatic rings. The molecule has 4 nitrogen and oxygen atoms in total. The molecule has 0 fully saturated rings. The molecule has 0 radical (unpaired) electrons. The van der Waals surface area contributed by atoms with E-state index in [1.54, 1.807) is 0 Å². The van der Waals surface area contributed by atoms with E-state index in [0.717, 1.165) is 17.5 Å². The first-order chi connectivity index (χ1) is 8.10. The van der Waals surface area contributed by atoms with Crippen LogP contribution in [0.15, 0.2) is 18.2 Å². The highest BCUT2D eigenvalue weighted by molar-refractivity contribution is 5.97. The van der Waals surface area contributed by atoms with Gasteiger partial charge in [-0.25, -0.2) is 0 Å². The van der Waals surface area contributed by atoms with Gasteiger partial charge in [0.15, 0.2) is 0 Å². The molecule has 1 aliphatic heterocycles. The number of fused-ring (bicyclic) bond motifs is 1. The molecule has 0 bridgehead atoms. The van der Waals surface area contributed by atoms with Crippen molar-refractivity contribution >= 4 is 11.9 Å². The number of hydrogen-bond donors (Lipinski definition) is 2. The van der Waals surface area contributed by atoms with Crippen LogP contribution in [0.5, 0.6) is 0 Å². The smallest absolute Gasteiger partial charge is 0.305 e. The van der Waals surface area contributed by atoms with Gasteiger partial charge in [-0.2, -0.15) is 0 Å². The van der Waals surface area contributed by atoms with Crippen molar-refractivity contribution < 1.29 is 14.7 Å². The highest BCUT2D eigenvalue weighted by Crippen LogP contribution is 2.20. The van der Waals surface area contributed by atoms with E-state index >= 15 is 0 Å². The first-order valence-electron chi connectivity index (χ1n) is 5.74. The maximum absolute atomic E-state index is 11.8. The Morgan fingerprint density at radius 1 is 1.53 bits per heavy atom. The van der Waals surface area contributed by atoms with Gasteiger partial charge in [0.2, 0.25) is 0 Å². The minimum Gasteiger partial charge on any atom is -0.481 e. The largest absolute Gasteiger partial charge is 0.481 e. The Bertz CT molecular complexity index is 468. The lowest BCUT2D eigenvalue weighted by Gasteiger charge is -2.24. The third-order valence-corrected chi connectivity index (χ3v) is 3.05. The number of nitrogens with one attached hydrogen (secondary N) is 1. The third-order valence-electron chi connectivity index (χ3n) is 3.05. The maximum atomic E-state index is 11.8. The van der Waals surface area contributed by atoms with Crippen LogP contribution in [0.2, 0.25) is 0 Å². The number of carboxylic acids is 1. The van der Waals surface area contributed by atoms with Gasteiger partial charge in [0, 0.05) is 11.6 Å². The quantitative estimate of drug-likeness (QED) is 0.828. The van der Waals surface area contributed by atoms with Crippen LogP contribution in [0.3, 0.4) is 0 Å². The fourth-order valence-corrected chi connectivity index (χ4v) is 2.15. The standard InChI is InChI=1S/C13H15NO3/c1-2-8-3-4-9-6-10(7-12(15)16)14-13(17)11(9)5-8/h3-5,10H,2,6-7H2,1H3,(H,14,17)(H,15,16). The van der Waals surface area contributed by atoms with Gasteiger partial charge in [-0.3, -0.25) is 9.59 Å². The van der Waals surface area contributed by atoms with Gasteiger partial charge >= 0.3 is 5.97 Å². The molecule has 0 aromatic heterocycles. The molecule has 1 heterocycles. The zero-order valence-electron chi connectivity index (χ0n) is 9.69. The fraction of sp³-hybridized carbons (Fsp3) is 0.385. The molecule has 90 valence electrons. The number of carbonyl (C=O) groups is 2. The van der Waals surface area contributed by atoms with Crippen molar-refractivity contribution in [3.8, 4) is 0 Å². The number of hydrogen-bond acceptors (Lipinski definition) is 2. The van der Waals surface area contributed by atoms with Crippen LogP contribution < -0.4 is 5.32 Å². The number of aryl methyl sites for hydroxylation is 1. The van der Waals surface area contributed by atoms with Crippen LogP contribution in [-0.2, 0) is 17.6 Å². The van der Waals surface area contributed by atoms with Crippen LogP contribution in [0.1, 0.15) is 34.8 Å². The summed E-state index contributed by atoms with van der Waals surface area (Å²) >= 11 is 0. The van der Waals surface area contributed by atoms with Crippen molar-refractivity contribution in [2.75, 3.05) is 0 Å². The van der Waals surface area contributed by atoms with E-state index < -0.39 is 5.97 Å². The van der Waals surface area contributed by atoms with Crippen LogP contribution in [0.25, 0.3) is 0 Å². The summed E-state index contributed by atoms with van der Waals surface area (Å²) in [5.74, 6) is -1.04. The Balaban J connectivity index is 2.25. The summed E-state index contributed by atoms with van der Waals surface area (Å²) in [6.45, 7) is 2.04. The maximum Gasteiger partial charge on any atom is 0.305 e. The normalized spacial score (nSPS) is 18.4. The predicted octanol–water partition coefficient (Wildman–Crippen LogP) is 1.38. The van der Waals surface area contributed by atoms with Crippen molar-refractivity contribution in [2.45, 2.75) is 32.2 Å². The molecule has 0 spiro atoms. The molecular weight excluding hydrogens is 218 g/mol. The summed E-state index contributed by atoms with van der Waals surface area (Å²) in [5, 5.41) is 11.5. The molecule has 0 aliphatic carbocycles. The van der Waals surface area contributed by atoms with Gasteiger partial charge in [0.1, 0.15) is 0 Å². The van der Waals surface area contributed by atoms with E-state index in [2.05, 4.69) is 5.32 Å². The van der Waals surface area contributed by atoms with Crippen molar-refractivity contribution in [1.29, 1.82) is 0 Å². The Morgan fingerprint density at radius 2 is 2.29 bits per heavy atom. The highest BCUT2D eigenvalue weighted by atomic mass is 16.4. The average Bonchev–Trinajstić information content (AvgIpc) is 2.28. The topological polar surface area (TPSA) is 66.4 Å². The van der Waals surface area contributed by atoms with E-state index in [4.69, 9.17) is 5.11 Å². The summed E-state index contributed by atoms with van der Waals surface area (Å²) in [5.41, 5.74) is 2.75. The number of amides is 1. The van der Waals surface area contributed by atoms with E-state index in [-0.39, 0.29) is 18.4 Å². The Kier molecular flexibility index (Phi) is 3.13. The zero-order chi connectivity index (χ0) is 12.4. The van der Waals surface area contributed by atoms with Gasteiger partial charge < -0.3 is 10.4 Å². The predicted molar refractivity (Wildman–Crippen MR) is 63.0 cm³/mol. The number of benzene rings is 1. The summed E-state index contributed by atoms with van der Waals surface area (Å²) in [6.07, 6.45) is 1.46. The molecule has 17 heavy (non-hydrogen) atoms.